The van der Waals surface area contributed by atoms with Crippen molar-refractivity contribution in [2.45, 2.75) is 61.1 Å². The van der Waals surface area contributed by atoms with Crippen molar-refractivity contribution in [1.29, 1.82) is 0 Å². The summed E-state index contributed by atoms with van der Waals surface area (Å²) in [6, 6.07) is 8.65. The van der Waals surface area contributed by atoms with E-state index in [-0.39, 0.29) is 5.91 Å². The standard InChI is InChI=1S/C20H30N4O/c1-19(2,3)11-15-7-9-16(10-8-15)13-24-14-17(22-23-24)12-21-18(25)20(4,5)6/h7-10,14H,11-13H2,1-6H3,(H,21,25). The molecule has 0 bridgehead atoms. The largest absolute Gasteiger partial charge is 0.350 e. The van der Waals surface area contributed by atoms with E-state index in [1.807, 2.05) is 27.0 Å². The molecule has 1 heterocycles. The van der Waals surface area contributed by atoms with Crippen molar-refractivity contribution in [2.75, 3.05) is 0 Å². The molecule has 2 aromatic rings. The van der Waals surface area contributed by atoms with Gasteiger partial charge in [-0.25, -0.2) is 4.68 Å². The van der Waals surface area contributed by atoms with Gasteiger partial charge in [-0.2, -0.15) is 0 Å². The van der Waals surface area contributed by atoms with Crippen LogP contribution in [-0.4, -0.2) is 20.9 Å². The van der Waals surface area contributed by atoms with Gasteiger partial charge in [-0.05, 0) is 23.0 Å². The topological polar surface area (TPSA) is 59.8 Å². The van der Waals surface area contributed by atoms with Crippen molar-refractivity contribution in [3.05, 3.63) is 47.3 Å². The summed E-state index contributed by atoms with van der Waals surface area (Å²) in [5, 5.41) is 11.2. The Hall–Kier alpha value is -2.17. The molecule has 0 aliphatic carbocycles. The predicted octanol–water partition coefficient (Wildman–Crippen LogP) is 3.58. The lowest BCUT2D eigenvalue weighted by molar-refractivity contribution is -0.128. The van der Waals surface area contributed by atoms with Crippen LogP contribution in [-0.2, 0) is 24.3 Å². The van der Waals surface area contributed by atoms with E-state index in [1.165, 1.54) is 11.1 Å². The second-order valence-corrected chi connectivity index (χ2v) is 8.89. The number of nitrogens with one attached hydrogen (secondary N) is 1. The van der Waals surface area contributed by atoms with Crippen LogP contribution in [0.15, 0.2) is 30.5 Å². The number of amides is 1. The first-order chi connectivity index (χ1) is 11.5. The molecule has 0 atom stereocenters. The summed E-state index contributed by atoms with van der Waals surface area (Å²) >= 11 is 0. The Bertz CT molecular complexity index is 703. The first-order valence-electron chi connectivity index (χ1n) is 8.78. The highest BCUT2D eigenvalue weighted by Crippen LogP contribution is 2.20. The van der Waals surface area contributed by atoms with Crippen molar-refractivity contribution >= 4 is 5.91 Å². The highest BCUT2D eigenvalue weighted by Gasteiger charge is 2.20. The first kappa shape index (κ1) is 19.2. The third-order valence-corrected chi connectivity index (χ3v) is 3.80. The average molecular weight is 342 g/mol. The second-order valence-electron chi connectivity index (χ2n) is 8.89. The fourth-order valence-corrected chi connectivity index (χ4v) is 2.49. The van der Waals surface area contributed by atoms with Crippen molar-refractivity contribution < 1.29 is 4.79 Å². The Balaban J connectivity index is 1.91. The quantitative estimate of drug-likeness (QED) is 0.903. The highest BCUT2D eigenvalue weighted by atomic mass is 16.2. The van der Waals surface area contributed by atoms with Gasteiger partial charge in [-0.15, -0.1) is 5.10 Å². The van der Waals surface area contributed by atoms with E-state index in [4.69, 9.17) is 0 Å². The van der Waals surface area contributed by atoms with Gasteiger partial charge < -0.3 is 5.32 Å². The van der Waals surface area contributed by atoms with E-state index >= 15 is 0 Å². The van der Waals surface area contributed by atoms with Crippen molar-refractivity contribution in [2.24, 2.45) is 10.8 Å². The van der Waals surface area contributed by atoms with Gasteiger partial charge in [0.05, 0.1) is 19.3 Å². The van der Waals surface area contributed by atoms with Crippen LogP contribution in [0.1, 0.15) is 58.4 Å². The summed E-state index contributed by atoms with van der Waals surface area (Å²) < 4.78 is 1.80. The second kappa shape index (κ2) is 7.38. The van der Waals surface area contributed by atoms with E-state index in [1.54, 1.807) is 4.68 Å². The average Bonchev–Trinajstić information content (AvgIpc) is 2.92. The molecular weight excluding hydrogens is 312 g/mol. The number of nitrogens with zero attached hydrogens (tertiary/aromatic N) is 3. The van der Waals surface area contributed by atoms with Crippen LogP contribution < -0.4 is 5.32 Å². The minimum absolute atomic E-state index is 0.0106. The molecule has 0 fully saturated rings. The Labute approximate surface area is 150 Å². The van der Waals surface area contributed by atoms with Gasteiger partial charge in [0.25, 0.3) is 0 Å². The summed E-state index contributed by atoms with van der Waals surface area (Å²) in [5.41, 5.74) is 3.19. The summed E-state index contributed by atoms with van der Waals surface area (Å²) in [7, 11) is 0. The maximum atomic E-state index is 11.9. The molecule has 1 aromatic carbocycles. The molecule has 5 nitrogen and oxygen atoms in total. The molecule has 2 rings (SSSR count). The van der Waals surface area contributed by atoms with E-state index in [2.05, 4.69) is 60.7 Å². The Morgan fingerprint density at radius 1 is 1.04 bits per heavy atom. The first-order valence-corrected chi connectivity index (χ1v) is 8.78. The third-order valence-electron chi connectivity index (χ3n) is 3.80. The lowest BCUT2D eigenvalue weighted by Gasteiger charge is -2.18. The normalized spacial score (nSPS) is 12.2. The molecule has 1 amide bonds. The molecule has 5 heteroatoms. The number of hydrogen-bond donors (Lipinski definition) is 1. The van der Waals surface area contributed by atoms with Crippen LogP contribution in [0.3, 0.4) is 0 Å². The van der Waals surface area contributed by atoms with Gasteiger partial charge in [-0.3, -0.25) is 4.79 Å². The number of carbonyl (C=O) groups is 1. The zero-order valence-corrected chi connectivity index (χ0v) is 16.3. The van der Waals surface area contributed by atoms with E-state index < -0.39 is 5.41 Å². The van der Waals surface area contributed by atoms with E-state index in [0.29, 0.717) is 18.5 Å². The van der Waals surface area contributed by atoms with Gasteiger partial charge in [0.1, 0.15) is 5.69 Å². The molecule has 0 saturated carbocycles. The maximum absolute atomic E-state index is 11.9. The van der Waals surface area contributed by atoms with Gasteiger partial charge >= 0.3 is 0 Å². The van der Waals surface area contributed by atoms with Crippen molar-refractivity contribution in [1.82, 2.24) is 20.3 Å². The summed E-state index contributed by atoms with van der Waals surface area (Å²) in [6.07, 6.45) is 2.94. The zero-order chi connectivity index (χ0) is 18.7. The van der Waals surface area contributed by atoms with E-state index in [0.717, 1.165) is 12.1 Å². The molecule has 1 N–H and O–H groups in total. The molecule has 0 radical (unpaired) electrons. The van der Waals surface area contributed by atoms with Crippen LogP contribution in [0.25, 0.3) is 0 Å². The molecule has 136 valence electrons. The minimum Gasteiger partial charge on any atom is -0.350 e. The minimum atomic E-state index is -0.398. The Morgan fingerprint density at radius 2 is 1.64 bits per heavy atom. The molecule has 0 unspecified atom stereocenters. The number of hydrogen-bond acceptors (Lipinski definition) is 3. The van der Waals surface area contributed by atoms with Crippen LogP contribution in [0.4, 0.5) is 0 Å². The lowest BCUT2D eigenvalue weighted by Crippen LogP contribution is -2.34. The summed E-state index contributed by atoms with van der Waals surface area (Å²) in [5.74, 6) is 0.0106. The fourth-order valence-electron chi connectivity index (χ4n) is 2.49. The molecular formula is C20H30N4O. The third kappa shape index (κ3) is 6.33. The van der Waals surface area contributed by atoms with Crippen LogP contribution in [0.5, 0.6) is 0 Å². The van der Waals surface area contributed by atoms with Gasteiger partial charge in [0.15, 0.2) is 0 Å². The molecule has 1 aromatic heterocycles. The molecule has 0 saturated heterocycles. The van der Waals surface area contributed by atoms with Gasteiger partial charge in [0.2, 0.25) is 5.91 Å². The zero-order valence-electron chi connectivity index (χ0n) is 16.3. The SMILES string of the molecule is CC(C)(C)Cc1ccc(Cn2cc(CNC(=O)C(C)(C)C)nn2)cc1. The fraction of sp³-hybridized carbons (Fsp3) is 0.550. The molecule has 0 spiro atoms. The van der Waals surface area contributed by atoms with Crippen LogP contribution in [0, 0.1) is 10.8 Å². The predicted molar refractivity (Wildman–Crippen MR) is 100 cm³/mol. The molecule has 25 heavy (non-hydrogen) atoms. The lowest BCUT2D eigenvalue weighted by atomic mass is 9.88. The van der Waals surface area contributed by atoms with Crippen LogP contribution in [0.2, 0.25) is 0 Å². The van der Waals surface area contributed by atoms with Gasteiger partial charge in [0, 0.05) is 5.41 Å². The van der Waals surface area contributed by atoms with E-state index in [9.17, 15) is 4.79 Å². The summed E-state index contributed by atoms with van der Waals surface area (Å²) in [6.45, 7) is 13.5. The van der Waals surface area contributed by atoms with Crippen LogP contribution >= 0.6 is 0 Å². The monoisotopic (exact) mass is 342 g/mol. The Morgan fingerprint density at radius 3 is 2.20 bits per heavy atom. The Kier molecular flexibility index (Phi) is 5.65. The smallest absolute Gasteiger partial charge is 0.225 e. The molecule has 0 aliphatic heterocycles. The number of benzene rings is 1. The van der Waals surface area contributed by atoms with Crippen molar-refractivity contribution in [3.63, 3.8) is 0 Å². The highest BCUT2D eigenvalue weighted by molar-refractivity contribution is 5.81. The number of carbonyl (C=O) groups excluding carboxylic acids is 1. The summed E-state index contributed by atoms with van der Waals surface area (Å²) in [4.78, 5) is 11.9. The van der Waals surface area contributed by atoms with Crippen molar-refractivity contribution in [3.8, 4) is 0 Å². The number of aromatic nitrogens is 3. The van der Waals surface area contributed by atoms with Gasteiger partial charge in [-0.1, -0.05) is 71.0 Å². The maximum Gasteiger partial charge on any atom is 0.225 e. The number of rotatable bonds is 5. The molecule has 0 aliphatic rings.